The Morgan fingerprint density at radius 2 is 2.10 bits per heavy atom. The van der Waals surface area contributed by atoms with Gasteiger partial charge in [0.05, 0.1) is 18.5 Å². The van der Waals surface area contributed by atoms with Crippen LogP contribution in [0.1, 0.15) is 28.8 Å². The van der Waals surface area contributed by atoms with E-state index in [1.165, 1.54) is 0 Å². The third-order valence-corrected chi connectivity index (χ3v) is 4.02. The van der Waals surface area contributed by atoms with Gasteiger partial charge in [-0.15, -0.1) is 0 Å². The number of aliphatic hydroxyl groups is 1. The highest BCUT2D eigenvalue weighted by Gasteiger charge is 2.42. The molecule has 2 N–H and O–H groups in total. The maximum atomic E-state index is 12.1. The summed E-state index contributed by atoms with van der Waals surface area (Å²) in [5.41, 5.74) is 2.57. The van der Waals surface area contributed by atoms with Crippen molar-refractivity contribution in [2.45, 2.75) is 19.8 Å². The van der Waals surface area contributed by atoms with Crippen molar-refractivity contribution in [1.82, 2.24) is 15.1 Å². The minimum Gasteiger partial charge on any atom is -0.396 e. The van der Waals surface area contributed by atoms with E-state index in [1.807, 2.05) is 25.3 Å². The van der Waals surface area contributed by atoms with Crippen molar-refractivity contribution in [2.24, 2.45) is 5.41 Å². The average Bonchev–Trinajstić information content (AvgIpc) is 3.18. The Balaban J connectivity index is 1.65. The number of carbonyl (C=O) groups is 1. The van der Waals surface area contributed by atoms with E-state index in [0.717, 1.165) is 24.1 Å². The second-order valence-corrected chi connectivity index (χ2v) is 5.85. The quantitative estimate of drug-likeness (QED) is 0.878. The highest BCUT2D eigenvalue weighted by molar-refractivity contribution is 5.94. The van der Waals surface area contributed by atoms with Crippen molar-refractivity contribution in [1.29, 1.82) is 0 Å². The summed E-state index contributed by atoms with van der Waals surface area (Å²) in [4.78, 5) is 12.1. The van der Waals surface area contributed by atoms with Gasteiger partial charge in [-0.3, -0.25) is 4.79 Å². The van der Waals surface area contributed by atoms with Gasteiger partial charge in [0.15, 0.2) is 0 Å². The number of carbonyl (C=O) groups excluding carboxylic acids is 1. The number of hydrogen-bond acceptors (Lipinski definition) is 3. The van der Waals surface area contributed by atoms with Gasteiger partial charge in [0.25, 0.3) is 5.91 Å². The molecule has 0 unspecified atom stereocenters. The number of aromatic nitrogens is 2. The summed E-state index contributed by atoms with van der Waals surface area (Å²) in [6.07, 6.45) is 5.71. The van der Waals surface area contributed by atoms with Crippen LogP contribution in [0.2, 0.25) is 0 Å². The second kappa shape index (κ2) is 5.33. The Kier molecular flexibility index (Phi) is 3.51. The lowest BCUT2D eigenvalue weighted by Gasteiger charge is -2.12. The summed E-state index contributed by atoms with van der Waals surface area (Å²) in [5.74, 6) is -0.0991. The number of hydrogen-bond donors (Lipinski definition) is 2. The molecule has 5 heteroatoms. The van der Waals surface area contributed by atoms with Crippen LogP contribution in [0.4, 0.5) is 0 Å². The van der Waals surface area contributed by atoms with Crippen LogP contribution in [0.15, 0.2) is 36.7 Å². The lowest BCUT2D eigenvalue weighted by Crippen LogP contribution is -2.31. The molecule has 21 heavy (non-hydrogen) atoms. The SMILES string of the molecule is Cc1cnn(-c2ccc(C(=O)NCC3(CO)CC3)cc2)c1. The minimum absolute atomic E-state index is 0.0673. The molecule has 1 aromatic carbocycles. The first-order chi connectivity index (χ1) is 10.1. The van der Waals surface area contributed by atoms with Gasteiger partial charge in [-0.1, -0.05) is 0 Å². The molecular weight excluding hydrogens is 266 g/mol. The van der Waals surface area contributed by atoms with Crippen molar-refractivity contribution in [3.63, 3.8) is 0 Å². The zero-order valence-corrected chi connectivity index (χ0v) is 12.0. The van der Waals surface area contributed by atoms with Gasteiger partial charge >= 0.3 is 0 Å². The number of benzene rings is 1. The topological polar surface area (TPSA) is 67.2 Å². The molecule has 5 nitrogen and oxygen atoms in total. The molecule has 0 aliphatic heterocycles. The van der Waals surface area contributed by atoms with E-state index in [0.29, 0.717) is 12.1 Å². The van der Waals surface area contributed by atoms with Crippen LogP contribution < -0.4 is 5.32 Å². The van der Waals surface area contributed by atoms with Gasteiger partial charge in [-0.2, -0.15) is 5.10 Å². The van der Waals surface area contributed by atoms with Gasteiger partial charge in [0, 0.05) is 23.7 Å². The predicted molar refractivity (Wildman–Crippen MR) is 79.4 cm³/mol. The summed E-state index contributed by atoms with van der Waals surface area (Å²) >= 11 is 0. The van der Waals surface area contributed by atoms with Crippen molar-refractivity contribution in [2.75, 3.05) is 13.2 Å². The van der Waals surface area contributed by atoms with E-state index >= 15 is 0 Å². The van der Waals surface area contributed by atoms with Crippen LogP contribution in [0.25, 0.3) is 5.69 Å². The Morgan fingerprint density at radius 1 is 1.38 bits per heavy atom. The molecule has 0 spiro atoms. The summed E-state index contributed by atoms with van der Waals surface area (Å²) < 4.78 is 1.78. The van der Waals surface area contributed by atoms with Crippen LogP contribution in [0, 0.1) is 12.3 Å². The maximum Gasteiger partial charge on any atom is 0.251 e. The van der Waals surface area contributed by atoms with E-state index in [9.17, 15) is 9.90 Å². The molecule has 1 aromatic heterocycles. The molecule has 2 aromatic rings. The fourth-order valence-electron chi connectivity index (χ4n) is 2.26. The van der Waals surface area contributed by atoms with Gasteiger partial charge in [0.1, 0.15) is 0 Å². The molecule has 1 heterocycles. The summed E-state index contributed by atoms with van der Waals surface area (Å²) in [5, 5.41) is 16.4. The second-order valence-electron chi connectivity index (χ2n) is 5.85. The molecule has 1 amide bonds. The zero-order chi connectivity index (χ0) is 14.9. The smallest absolute Gasteiger partial charge is 0.251 e. The van der Waals surface area contributed by atoms with E-state index in [1.54, 1.807) is 23.0 Å². The fourth-order valence-corrected chi connectivity index (χ4v) is 2.26. The summed E-state index contributed by atoms with van der Waals surface area (Å²) in [7, 11) is 0. The molecule has 1 fully saturated rings. The predicted octanol–water partition coefficient (Wildman–Crippen LogP) is 1.68. The monoisotopic (exact) mass is 285 g/mol. The largest absolute Gasteiger partial charge is 0.396 e. The Hall–Kier alpha value is -2.14. The average molecular weight is 285 g/mol. The number of amides is 1. The normalized spacial score (nSPS) is 15.7. The first-order valence-electron chi connectivity index (χ1n) is 7.13. The standard InChI is InChI=1S/C16H19N3O2/c1-12-8-18-19(9-12)14-4-2-13(3-5-14)15(21)17-10-16(11-20)6-7-16/h2-5,8-9,20H,6-7,10-11H2,1H3,(H,17,21). The van der Waals surface area contributed by atoms with E-state index in [-0.39, 0.29) is 17.9 Å². The molecule has 1 aliphatic rings. The first kappa shape index (κ1) is 13.8. The van der Waals surface area contributed by atoms with Crippen LogP contribution in [0.3, 0.4) is 0 Å². The van der Waals surface area contributed by atoms with Crippen molar-refractivity contribution < 1.29 is 9.90 Å². The molecule has 0 saturated heterocycles. The van der Waals surface area contributed by atoms with E-state index < -0.39 is 0 Å². The Labute approximate surface area is 123 Å². The first-order valence-corrected chi connectivity index (χ1v) is 7.13. The lowest BCUT2D eigenvalue weighted by atomic mass is 10.1. The molecule has 110 valence electrons. The van der Waals surface area contributed by atoms with Gasteiger partial charge in [0.2, 0.25) is 0 Å². The van der Waals surface area contributed by atoms with E-state index in [2.05, 4.69) is 10.4 Å². The van der Waals surface area contributed by atoms with Crippen LogP contribution >= 0.6 is 0 Å². The molecule has 1 saturated carbocycles. The fraction of sp³-hybridized carbons (Fsp3) is 0.375. The minimum atomic E-state index is -0.0991. The Morgan fingerprint density at radius 3 is 2.62 bits per heavy atom. The van der Waals surface area contributed by atoms with Crippen molar-refractivity contribution in [3.8, 4) is 5.69 Å². The van der Waals surface area contributed by atoms with E-state index in [4.69, 9.17) is 0 Å². The molecule has 0 bridgehead atoms. The number of nitrogens with zero attached hydrogens (tertiary/aromatic N) is 2. The molecule has 0 radical (unpaired) electrons. The third kappa shape index (κ3) is 2.97. The van der Waals surface area contributed by atoms with Crippen molar-refractivity contribution >= 4 is 5.91 Å². The van der Waals surface area contributed by atoms with Gasteiger partial charge in [-0.25, -0.2) is 4.68 Å². The van der Waals surface area contributed by atoms with Gasteiger partial charge < -0.3 is 10.4 Å². The highest BCUT2D eigenvalue weighted by atomic mass is 16.3. The molecule has 3 rings (SSSR count). The van der Waals surface area contributed by atoms with Crippen LogP contribution in [0.5, 0.6) is 0 Å². The lowest BCUT2D eigenvalue weighted by molar-refractivity contribution is 0.0935. The van der Waals surface area contributed by atoms with Gasteiger partial charge in [-0.05, 0) is 49.6 Å². The highest BCUT2D eigenvalue weighted by Crippen LogP contribution is 2.44. The van der Waals surface area contributed by atoms with Crippen LogP contribution in [-0.4, -0.2) is 33.9 Å². The number of aryl methyl sites for hydroxylation is 1. The number of rotatable bonds is 5. The molecule has 0 atom stereocenters. The zero-order valence-electron chi connectivity index (χ0n) is 12.0. The Bertz CT molecular complexity index is 642. The summed E-state index contributed by atoms with van der Waals surface area (Å²) in [6.45, 7) is 2.67. The third-order valence-electron chi connectivity index (χ3n) is 4.02. The number of aliphatic hydroxyl groups excluding tert-OH is 1. The molecule has 1 aliphatic carbocycles. The molecular formula is C16H19N3O2. The van der Waals surface area contributed by atoms with Crippen LogP contribution in [-0.2, 0) is 0 Å². The summed E-state index contributed by atoms with van der Waals surface area (Å²) in [6, 6.07) is 7.33. The number of nitrogens with one attached hydrogen (secondary N) is 1. The maximum absolute atomic E-state index is 12.1. The van der Waals surface area contributed by atoms with Crippen molar-refractivity contribution in [3.05, 3.63) is 47.8 Å².